The second-order valence-electron chi connectivity index (χ2n) is 2.67. The number of aromatic nitrogens is 1. The molecule has 1 aromatic heterocycles. The molecule has 2 rings (SSSR count). The molecule has 0 aliphatic heterocycles. The van der Waals surface area contributed by atoms with Crippen LogP contribution in [0, 0.1) is 0 Å². The fourth-order valence-corrected chi connectivity index (χ4v) is 1.49. The number of hydrogen-bond acceptors (Lipinski definition) is 3. The highest BCUT2D eigenvalue weighted by Gasteiger charge is 2.01. The van der Waals surface area contributed by atoms with E-state index in [9.17, 15) is 0 Å². The fraction of sp³-hybridized carbons (Fsp3) is 0. The molecule has 0 aliphatic carbocycles. The number of pyridine rings is 1. The molecular weight excluding hydrogens is 186 g/mol. The average Bonchev–Trinajstić information content (AvgIpc) is 2.16. The lowest BCUT2D eigenvalue weighted by Gasteiger charge is -2.04. The Balaban J connectivity index is 2.81. The molecule has 0 fully saturated rings. The van der Waals surface area contributed by atoms with Gasteiger partial charge >= 0.3 is 0 Å². The van der Waals surface area contributed by atoms with Crippen molar-refractivity contribution in [3.8, 4) is 0 Å². The van der Waals surface area contributed by atoms with Gasteiger partial charge in [-0.3, -0.25) is 10.8 Å². The van der Waals surface area contributed by atoms with Gasteiger partial charge in [0.25, 0.3) is 0 Å². The second-order valence-corrected chi connectivity index (χ2v) is 3.11. The zero-order valence-corrected chi connectivity index (χ0v) is 7.55. The molecule has 4 heteroatoms. The van der Waals surface area contributed by atoms with Crippen molar-refractivity contribution in [1.82, 2.24) is 4.98 Å². The van der Waals surface area contributed by atoms with Gasteiger partial charge in [-0.2, -0.15) is 0 Å². The Hall–Kier alpha value is -1.32. The van der Waals surface area contributed by atoms with Crippen molar-refractivity contribution in [1.29, 1.82) is 0 Å². The third-order valence-corrected chi connectivity index (χ3v) is 2.04. The highest BCUT2D eigenvalue weighted by molar-refractivity contribution is 6.31. The summed E-state index contributed by atoms with van der Waals surface area (Å²) in [5.74, 6) is 5.34. The van der Waals surface area contributed by atoms with Gasteiger partial charge in [0.15, 0.2) is 0 Å². The minimum Gasteiger partial charge on any atom is -0.322 e. The Morgan fingerprint density at radius 1 is 1.38 bits per heavy atom. The normalized spacial score (nSPS) is 10.3. The molecule has 3 nitrogen and oxygen atoms in total. The predicted molar refractivity (Wildman–Crippen MR) is 54.6 cm³/mol. The minimum atomic E-state index is 0.647. The number of nitrogens with one attached hydrogen (secondary N) is 1. The van der Waals surface area contributed by atoms with E-state index in [0.717, 1.165) is 16.6 Å². The molecule has 0 radical (unpaired) electrons. The first kappa shape index (κ1) is 8.29. The molecule has 13 heavy (non-hydrogen) atoms. The number of nitrogens with two attached hydrogens (primary N) is 1. The van der Waals surface area contributed by atoms with Crippen molar-refractivity contribution in [2.45, 2.75) is 0 Å². The number of fused-ring (bicyclic) bond motifs is 1. The Morgan fingerprint density at radius 3 is 3.00 bits per heavy atom. The van der Waals surface area contributed by atoms with Gasteiger partial charge in [-0.25, -0.2) is 0 Å². The zero-order valence-electron chi connectivity index (χ0n) is 6.79. The molecule has 2 aromatic rings. The van der Waals surface area contributed by atoms with E-state index in [1.807, 2.05) is 18.2 Å². The lowest BCUT2D eigenvalue weighted by atomic mass is 10.2. The van der Waals surface area contributed by atoms with Crippen molar-refractivity contribution < 1.29 is 0 Å². The number of rotatable bonds is 1. The first-order valence-electron chi connectivity index (χ1n) is 3.82. The van der Waals surface area contributed by atoms with Crippen LogP contribution in [0.1, 0.15) is 0 Å². The highest BCUT2D eigenvalue weighted by atomic mass is 35.5. The summed E-state index contributed by atoms with van der Waals surface area (Å²) in [5, 5.41) is 1.62. The molecule has 3 N–H and O–H groups in total. The summed E-state index contributed by atoms with van der Waals surface area (Å²) >= 11 is 5.88. The predicted octanol–water partition coefficient (Wildman–Crippen LogP) is 2.17. The van der Waals surface area contributed by atoms with Crippen molar-refractivity contribution in [3.63, 3.8) is 0 Å². The maximum atomic E-state index is 5.88. The van der Waals surface area contributed by atoms with E-state index in [4.69, 9.17) is 17.4 Å². The average molecular weight is 194 g/mol. The Labute approximate surface area is 80.5 Å². The number of hydrogen-bond donors (Lipinski definition) is 2. The van der Waals surface area contributed by atoms with E-state index in [1.54, 1.807) is 12.3 Å². The molecule has 0 bridgehead atoms. The van der Waals surface area contributed by atoms with Crippen LogP contribution in [0.3, 0.4) is 0 Å². The van der Waals surface area contributed by atoms with E-state index in [1.165, 1.54) is 0 Å². The maximum absolute atomic E-state index is 5.88. The van der Waals surface area contributed by atoms with Crippen LogP contribution in [0.2, 0.25) is 5.02 Å². The fourth-order valence-electron chi connectivity index (χ4n) is 1.27. The van der Waals surface area contributed by atoms with Crippen LogP contribution in [-0.4, -0.2) is 4.98 Å². The second kappa shape index (κ2) is 3.20. The number of benzene rings is 1. The summed E-state index contributed by atoms with van der Waals surface area (Å²) in [6.07, 6.45) is 1.72. The van der Waals surface area contributed by atoms with Gasteiger partial charge in [-0.15, -0.1) is 0 Å². The quantitative estimate of drug-likeness (QED) is 0.539. The number of halogens is 1. The minimum absolute atomic E-state index is 0.647. The van der Waals surface area contributed by atoms with Gasteiger partial charge in [0.2, 0.25) is 0 Å². The maximum Gasteiger partial charge on any atom is 0.0947 e. The largest absolute Gasteiger partial charge is 0.322 e. The van der Waals surface area contributed by atoms with E-state index in [2.05, 4.69) is 10.4 Å². The molecule has 0 amide bonds. The topological polar surface area (TPSA) is 50.9 Å². The smallest absolute Gasteiger partial charge is 0.0947 e. The first-order valence-corrected chi connectivity index (χ1v) is 4.20. The zero-order chi connectivity index (χ0) is 9.26. The first-order chi connectivity index (χ1) is 6.31. The molecule has 66 valence electrons. The Kier molecular flexibility index (Phi) is 2.04. The summed E-state index contributed by atoms with van der Waals surface area (Å²) in [6, 6.07) is 7.40. The van der Waals surface area contributed by atoms with E-state index in [0.29, 0.717) is 5.02 Å². The van der Waals surface area contributed by atoms with Crippen LogP contribution < -0.4 is 11.3 Å². The summed E-state index contributed by atoms with van der Waals surface area (Å²) in [7, 11) is 0. The van der Waals surface area contributed by atoms with Crippen LogP contribution >= 0.6 is 11.6 Å². The number of anilines is 1. The van der Waals surface area contributed by atoms with Crippen molar-refractivity contribution >= 4 is 28.2 Å². The number of nitrogen functional groups attached to an aromatic ring is 1. The summed E-state index contributed by atoms with van der Waals surface area (Å²) in [5.41, 5.74) is 4.13. The van der Waals surface area contributed by atoms with Crippen molar-refractivity contribution in [2.24, 2.45) is 5.84 Å². The molecule has 1 heterocycles. The van der Waals surface area contributed by atoms with Gasteiger partial charge in [0.1, 0.15) is 0 Å². The SMILES string of the molecule is NNc1cc(Cl)cc2cccnc12. The van der Waals surface area contributed by atoms with Crippen molar-refractivity contribution in [3.05, 3.63) is 35.5 Å². The van der Waals surface area contributed by atoms with Gasteiger partial charge in [0, 0.05) is 16.6 Å². The van der Waals surface area contributed by atoms with E-state index in [-0.39, 0.29) is 0 Å². The van der Waals surface area contributed by atoms with Crippen LogP contribution in [0.25, 0.3) is 10.9 Å². The van der Waals surface area contributed by atoms with Crippen LogP contribution in [0.5, 0.6) is 0 Å². The lowest BCUT2D eigenvalue weighted by Crippen LogP contribution is -2.07. The Bertz CT molecular complexity index is 442. The Morgan fingerprint density at radius 2 is 2.23 bits per heavy atom. The van der Waals surface area contributed by atoms with E-state index >= 15 is 0 Å². The van der Waals surface area contributed by atoms with Gasteiger partial charge in [-0.05, 0) is 18.2 Å². The molecule has 0 aliphatic rings. The summed E-state index contributed by atoms with van der Waals surface area (Å²) in [4.78, 5) is 4.19. The standard InChI is InChI=1S/C9H8ClN3/c10-7-4-6-2-1-3-12-9(6)8(5-7)13-11/h1-5,13H,11H2. The van der Waals surface area contributed by atoms with E-state index < -0.39 is 0 Å². The van der Waals surface area contributed by atoms with Gasteiger partial charge < -0.3 is 5.43 Å². The molecule has 0 unspecified atom stereocenters. The van der Waals surface area contributed by atoms with Crippen molar-refractivity contribution in [2.75, 3.05) is 5.43 Å². The molecular formula is C9H8ClN3. The van der Waals surface area contributed by atoms with Crippen LogP contribution in [0.4, 0.5) is 5.69 Å². The third-order valence-electron chi connectivity index (χ3n) is 1.83. The molecule has 0 saturated carbocycles. The number of nitrogens with zero attached hydrogens (tertiary/aromatic N) is 1. The van der Waals surface area contributed by atoms with Gasteiger partial charge in [0.05, 0.1) is 11.2 Å². The molecule has 0 atom stereocenters. The van der Waals surface area contributed by atoms with Gasteiger partial charge in [-0.1, -0.05) is 17.7 Å². The summed E-state index contributed by atoms with van der Waals surface area (Å²) in [6.45, 7) is 0. The molecule has 0 spiro atoms. The van der Waals surface area contributed by atoms with Crippen LogP contribution in [0.15, 0.2) is 30.5 Å². The van der Waals surface area contributed by atoms with Crippen LogP contribution in [-0.2, 0) is 0 Å². The highest BCUT2D eigenvalue weighted by Crippen LogP contribution is 2.25. The molecule has 0 saturated heterocycles. The third kappa shape index (κ3) is 1.43. The number of hydrazine groups is 1. The monoisotopic (exact) mass is 193 g/mol. The lowest BCUT2D eigenvalue weighted by molar-refractivity contribution is 1.33. The molecule has 1 aromatic carbocycles. The summed E-state index contributed by atoms with van der Waals surface area (Å²) < 4.78 is 0.